The van der Waals surface area contributed by atoms with E-state index in [1.165, 1.54) is 12.8 Å². The average molecular weight is 222 g/mol. The molecule has 1 N–H and O–H groups in total. The molecule has 0 amide bonds. The first-order chi connectivity index (χ1) is 7.81. The van der Waals surface area contributed by atoms with Crippen molar-refractivity contribution < 1.29 is 0 Å². The van der Waals surface area contributed by atoms with E-state index in [0.29, 0.717) is 0 Å². The minimum atomic E-state index is 0.843. The van der Waals surface area contributed by atoms with Crippen LogP contribution in [0.15, 0.2) is 12.4 Å². The second-order valence-corrected chi connectivity index (χ2v) is 4.58. The highest BCUT2D eigenvalue weighted by atomic mass is 15.2. The van der Waals surface area contributed by atoms with Crippen LogP contribution < -0.4 is 5.32 Å². The largest absolute Gasteiger partial charge is 0.356 e. The van der Waals surface area contributed by atoms with Crippen molar-refractivity contribution in [1.82, 2.24) is 14.5 Å². The third-order valence-electron chi connectivity index (χ3n) is 3.11. The van der Waals surface area contributed by atoms with E-state index in [1.54, 1.807) is 0 Å². The lowest BCUT2D eigenvalue weighted by molar-refractivity contribution is 0.310. The van der Waals surface area contributed by atoms with Crippen LogP contribution >= 0.6 is 0 Å². The highest BCUT2D eigenvalue weighted by Crippen LogP contribution is 2.25. The second kappa shape index (κ2) is 5.34. The van der Waals surface area contributed by atoms with Gasteiger partial charge in [0.2, 0.25) is 5.95 Å². The molecule has 1 aliphatic rings. The highest BCUT2D eigenvalue weighted by Gasteiger charge is 2.25. The molecule has 0 bridgehead atoms. The Morgan fingerprint density at radius 1 is 1.56 bits per heavy atom. The molecule has 1 aliphatic carbocycles. The molecule has 1 fully saturated rings. The Hall–Kier alpha value is -1.03. The van der Waals surface area contributed by atoms with Crippen LogP contribution in [0.4, 0.5) is 5.95 Å². The van der Waals surface area contributed by atoms with Crippen LogP contribution in [0.3, 0.4) is 0 Å². The van der Waals surface area contributed by atoms with Crippen LogP contribution in [0.5, 0.6) is 0 Å². The molecule has 90 valence electrons. The summed E-state index contributed by atoms with van der Waals surface area (Å²) < 4.78 is 2.20. The van der Waals surface area contributed by atoms with E-state index in [-0.39, 0.29) is 0 Å². The van der Waals surface area contributed by atoms with Gasteiger partial charge in [-0.2, -0.15) is 0 Å². The smallest absolute Gasteiger partial charge is 0.202 e. The summed E-state index contributed by atoms with van der Waals surface area (Å²) in [6, 6.07) is 0.843. The van der Waals surface area contributed by atoms with Crippen LogP contribution in [0.1, 0.15) is 26.2 Å². The Morgan fingerprint density at radius 3 is 3.06 bits per heavy atom. The lowest BCUT2D eigenvalue weighted by Gasteiger charge is -2.17. The Balaban J connectivity index is 1.80. The van der Waals surface area contributed by atoms with Crippen LogP contribution in [-0.4, -0.2) is 40.6 Å². The van der Waals surface area contributed by atoms with Gasteiger partial charge < -0.3 is 14.8 Å². The molecule has 1 aromatic heterocycles. The topological polar surface area (TPSA) is 33.1 Å². The highest BCUT2D eigenvalue weighted by molar-refractivity contribution is 5.25. The molecule has 0 aromatic carbocycles. The van der Waals surface area contributed by atoms with Gasteiger partial charge in [-0.25, -0.2) is 4.98 Å². The molecule has 2 rings (SSSR count). The lowest BCUT2D eigenvalue weighted by Crippen LogP contribution is -2.25. The van der Waals surface area contributed by atoms with Crippen LogP contribution in [0.2, 0.25) is 0 Å². The Morgan fingerprint density at radius 2 is 2.38 bits per heavy atom. The standard InChI is InChI=1S/C12H22N4/c1-3-6-13-12-14-7-8-16(12)10-9-15(2)11-4-5-11/h7-8,11H,3-6,9-10H2,1-2H3,(H,13,14). The van der Waals surface area contributed by atoms with Crippen molar-refractivity contribution in [3.05, 3.63) is 12.4 Å². The number of rotatable bonds is 7. The molecule has 0 aliphatic heterocycles. The van der Waals surface area contributed by atoms with Crippen molar-refractivity contribution in [1.29, 1.82) is 0 Å². The third-order valence-corrected chi connectivity index (χ3v) is 3.11. The van der Waals surface area contributed by atoms with Crippen molar-refractivity contribution in [2.24, 2.45) is 0 Å². The predicted octanol–water partition coefficient (Wildman–Crippen LogP) is 1.80. The summed E-state index contributed by atoms with van der Waals surface area (Å²) in [4.78, 5) is 6.77. The minimum Gasteiger partial charge on any atom is -0.356 e. The normalized spacial score (nSPS) is 15.7. The number of nitrogens with zero attached hydrogens (tertiary/aromatic N) is 3. The van der Waals surface area contributed by atoms with Gasteiger partial charge in [0.25, 0.3) is 0 Å². The van der Waals surface area contributed by atoms with Crippen molar-refractivity contribution in [3.8, 4) is 0 Å². The molecule has 4 nitrogen and oxygen atoms in total. The van der Waals surface area contributed by atoms with Crippen molar-refractivity contribution in [2.45, 2.75) is 38.8 Å². The molecule has 4 heteroatoms. The van der Waals surface area contributed by atoms with E-state index < -0.39 is 0 Å². The SMILES string of the molecule is CCCNc1nccn1CCN(C)C1CC1. The summed E-state index contributed by atoms with van der Waals surface area (Å²) in [7, 11) is 2.22. The van der Waals surface area contributed by atoms with E-state index in [0.717, 1.165) is 38.0 Å². The third kappa shape index (κ3) is 2.98. The maximum atomic E-state index is 4.33. The quantitative estimate of drug-likeness (QED) is 0.763. The van der Waals surface area contributed by atoms with E-state index in [9.17, 15) is 0 Å². The van der Waals surface area contributed by atoms with Crippen molar-refractivity contribution in [3.63, 3.8) is 0 Å². The van der Waals surface area contributed by atoms with Gasteiger partial charge in [0, 0.05) is 38.1 Å². The van der Waals surface area contributed by atoms with Gasteiger partial charge in [0.15, 0.2) is 0 Å². The molecule has 0 atom stereocenters. The van der Waals surface area contributed by atoms with Crippen LogP contribution in [-0.2, 0) is 6.54 Å². The molecule has 1 heterocycles. The number of hydrogen-bond acceptors (Lipinski definition) is 3. The van der Waals surface area contributed by atoms with Gasteiger partial charge in [-0.05, 0) is 26.3 Å². The molecule has 0 unspecified atom stereocenters. The number of anilines is 1. The van der Waals surface area contributed by atoms with Gasteiger partial charge in [0.1, 0.15) is 0 Å². The van der Waals surface area contributed by atoms with Gasteiger partial charge in [-0.15, -0.1) is 0 Å². The maximum absolute atomic E-state index is 4.33. The van der Waals surface area contributed by atoms with E-state index in [1.807, 2.05) is 6.20 Å². The fraction of sp³-hybridized carbons (Fsp3) is 0.750. The first kappa shape index (κ1) is 11.5. The number of aromatic nitrogens is 2. The first-order valence-corrected chi connectivity index (χ1v) is 6.26. The average Bonchev–Trinajstić information content (AvgIpc) is 3.04. The summed E-state index contributed by atoms with van der Waals surface area (Å²) in [5.41, 5.74) is 0. The molecular formula is C12H22N4. The summed E-state index contributed by atoms with van der Waals surface area (Å²) >= 11 is 0. The summed E-state index contributed by atoms with van der Waals surface area (Å²) in [6.45, 7) is 5.30. The zero-order valence-corrected chi connectivity index (χ0v) is 10.3. The van der Waals surface area contributed by atoms with Crippen molar-refractivity contribution in [2.75, 3.05) is 25.5 Å². The fourth-order valence-corrected chi connectivity index (χ4v) is 1.86. The van der Waals surface area contributed by atoms with Gasteiger partial charge in [-0.1, -0.05) is 6.92 Å². The summed E-state index contributed by atoms with van der Waals surface area (Å²) in [5.74, 6) is 1.01. The van der Waals surface area contributed by atoms with E-state index in [2.05, 4.69) is 39.9 Å². The van der Waals surface area contributed by atoms with Gasteiger partial charge in [-0.3, -0.25) is 0 Å². The summed E-state index contributed by atoms with van der Waals surface area (Å²) in [6.07, 6.45) is 7.81. The molecule has 16 heavy (non-hydrogen) atoms. The van der Waals surface area contributed by atoms with Crippen molar-refractivity contribution >= 4 is 5.95 Å². The Bertz CT molecular complexity index is 317. The minimum absolute atomic E-state index is 0.843. The zero-order chi connectivity index (χ0) is 11.4. The van der Waals surface area contributed by atoms with Crippen LogP contribution in [0, 0.1) is 0 Å². The Kier molecular flexibility index (Phi) is 3.83. The van der Waals surface area contributed by atoms with E-state index >= 15 is 0 Å². The second-order valence-electron chi connectivity index (χ2n) is 4.58. The first-order valence-electron chi connectivity index (χ1n) is 6.26. The monoisotopic (exact) mass is 222 g/mol. The van der Waals surface area contributed by atoms with Gasteiger partial charge in [0.05, 0.1) is 0 Å². The number of hydrogen-bond donors (Lipinski definition) is 1. The zero-order valence-electron chi connectivity index (χ0n) is 10.3. The fourth-order valence-electron chi connectivity index (χ4n) is 1.86. The molecule has 1 saturated carbocycles. The Labute approximate surface area is 97.7 Å². The summed E-state index contributed by atoms with van der Waals surface area (Å²) in [5, 5.41) is 3.34. The molecular weight excluding hydrogens is 200 g/mol. The number of likely N-dealkylation sites (N-methyl/N-ethyl adjacent to an activating group) is 1. The van der Waals surface area contributed by atoms with Gasteiger partial charge >= 0.3 is 0 Å². The molecule has 0 saturated heterocycles. The molecule has 0 spiro atoms. The molecule has 0 radical (unpaired) electrons. The van der Waals surface area contributed by atoms with Crippen LogP contribution in [0.25, 0.3) is 0 Å². The predicted molar refractivity (Wildman–Crippen MR) is 66.7 cm³/mol. The van der Waals surface area contributed by atoms with E-state index in [4.69, 9.17) is 0 Å². The maximum Gasteiger partial charge on any atom is 0.202 e. The number of imidazole rings is 1. The lowest BCUT2D eigenvalue weighted by atomic mass is 10.5. The number of nitrogens with one attached hydrogen (secondary N) is 1. The molecule has 1 aromatic rings.